The van der Waals surface area contributed by atoms with E-state index >= 15 is 0 Å². The number of nitrogens with one attached hydrogen (secondary N) is 1. The van der Waals surface area contributed by atoms with E-state index < -0.39 is 5.97 Å². The number of esters is 1. The molecule has 1 aromatic heterocycles. The molecular formula is C22H23N3O5S. The third kappa shape index (κ3) is 6.09. The van der Waals surface area contributed by atoms with E-state index in [4.69, 9.17) is 4.74 Å². The molecule has 0 bridgehead atoms. The molecule has 0 saturated carbocycles. The van der Waals surface area contributed by atoms with Crippen LogP contribution in [0.5, 0.6) is 5.75 Å². The van der Waals surface area contributed by atoms with Crippen molar-refractivity contribution in [2.75, 3.05) is 25.3 Å². The SMILES string of the molecule is COC(=O)c1ccc(NC(=O)CSc2nc(CO)cn2Cc2ccc(OC)cc2)cc1. The van der Waals surface area contributed by atoms with Crippen molar-refractivity contribution in [2.24, 2.45) is 0 Å². The van der Waals surface area contributed by atoms with Crippen LogP contribution in [0.1, 0.15) is 21.6 Å². The maximum Gasteiger partial charge on any atom is 0.337 e. The molecule has 9 heteroatoms. The largest absolute Gasteiger partial charge is 0.497 e. The molecular weight excluding hydrogens is 418 g/mol. The van der Waals surface area contributed by atoms with Crippen molar-refractivity contribution >= 4 is 29.3 Å². The third-order valence-corrected chi connectivity index (χ3v) is 5.38. The summed E-state index contributed by atoms with van der Waals surface area (Å²) < 4.78 is 11.7. The number of benzene rings is 2. The normalized spacial score (nSPS) is 10.5. The van der Waals surface area contributed by atoms with Gasteiger partial charge in [0.2, 0.25) is 5.91 Å². The molecule has 3 aromatic rings. The van der Waals surface area contributed by atoms with Gasteiger partial charge in [-0.15, -0.1) is 0 Å². The zero-order chi connectivity index (χ0) is 22.2. The van der Waals surface area contributed by atoms with Gasteiger partial charge in [-0.05, 0) is 42.0 Å². The van der Waals surface area contributed by atoms with Gasteiger partial charge in [0.25, 0.3) is 0 Å². The number of nitrogens with zero attached hydrogens (tertiary/aromatic N) is 2. The number of aliphatic hydroxyl groups excluding tert-OH is 1. The van der Waals surface area contributed by atoms with Crippen LogP contribution in [-0.2, 0) is 22.7 Å². The summed E-state index contributed by atoms with van der Waals surface area (Å²) >= 11 is 1.28. The van der Waals surface area contributed by atoms with E-state index in [1.807, 2.05) is 28.8 Å². The van der Waals surface area contributed by atoms with E-state index in [1.165, 1.54) is 18.9 Å². The Morgan fingerprint density at radius 1 is 1.10 bits per heavy atom. The van der Waals surface area contributed by atoms with Crippen LogP contribution in [0.25, 0.3) is 0 Å². The number of aromatic nitrogens is 2. The van der Waals surface area contributed by atoms with Gasteiger partial charge in [0.1, 0.15) is 5.75 Å². The minimum absolute atomic E-state index is 0.142. The molecule has 2 N–H and O–H groups in total. The Morgan fingerprint density at radius 2 is 1.81 bits per heavy atom. The van der Waals surface area contributed by atoms with Gasteiger partial charge in [0, 0.05) is 18.4 Å². The van der Waals surface area contributed by atoms with E-state index in [9.17, 15) is 14.7 Å². The van der Waals surface area contributed by atoms with Gasteiger partial charge < -0.3 is 24.5 Å². The molecule has 31 heavy (non-hydrogen) atoms. The van der Waals surface area contributed by atoms with E-state index in [1.54, 1.807) is 37.6 Å². The van der Waals surface area contributed by atoms with Gasteiger partial charge >= 0.3 is 5.97 Å². The quantitative estimate of drug-likeness (QED) is 0.389. The fourth-order valence-electron chi connectivity index (χ4n) is 2.82. The van der Waals surface area contributed by atoms with Gasteiger partial charge in [-0.2, -0.15) is 0 Å². The molecule has 0 unspecified atom stereocenters. The van der Waals surface area contributed by atoms with Crippen molar-refractivity contribution in [2.45, 2.75) is 18.3 Å². The first kappa shape index (κ1) is 22.4. The van der Waals surface area contributed by atoms with Crippen molar-refractivity contribution in [3.05, 3.63) is 71.5 Å². The molecule has 0 fully saturated rings. The maximum absolute atomic E-state index is 12.4. The predicted octanol–water partition coefficient (Wildman–Crippen LogP) is 2.95. The number of hydrogen-bond donors (Lipinski definition) is 2. The molecule has 1 heterocycles. The van der Waals surface area contributed by atoms with Crippen LogP contribution < -0.4 is 10.1 Å². The summed E-state index contributed by atoms with van der Waals surface area (Å²) in [7, 11) is 2.93. The molecule has 0 spiro atoms. The first-order valence-corrected chi connectivity index (χ1v) is 10.4. The molecule has 2 aromatic carbocycles. The second-order valence-corrected chi connectivity index (χ2v) is 7.50. The van der Waals surface area contributed by atoms with Crippen LogP contribution in [0.4, 0.5) is 5.69 Å². The Bertz CT molecular complexity index is 1030. The molecule has 162 valence electrons. The predicted molar refractivity (Wildman–Crippen MR) is 117 cm³/mol. The summed E-state index contributed by atoms with van der Waals surface area (Å²) in [6, 6.07) is 14.1. The highest BCUT2D eigenvalue weighted by molar-refractivity contribution is 7.99. The lowest BCUT2D eigenvalue weighted by atomic mass is 10.2. The zero-order valence-corrected chi connectivity index (χ0v) is 18.0. The summed E-state index contributed by atoms with van der Waals surface area (Å²) in [6.07, 6.45) is 1.77. The second kappa shape index (κ2) is 10.6. The molecule has 0 aliphatic rings. The van der Waals surface area contributed by atoms with Crippen LogP contribution >= 0.6 is 11.8 Å². The minimum Gasteiger partial charge on any atom is -0.497 e. The average Bonchev–Trinajstić information content (AvgIpc) is 3.20. The zero-order valence-electron chi connectivity index (χ0n) is 17.2. The molecule has 3 rings (SSSR count). The molecule has 8 nitrogen and oxygen atoms in total. The third-order valence-electron chi connectivity index (χ3n) is 4.39. The summed E-state index contributed by atoms with van der Waals surface area (Å²) in [5, 5.41) is 12.9. The standard InChI is InChI=1S/C22H23N3O5S/c1-29-19-9-3-15(4-10-19)11-25-12-18(13-26)24-22(25)31-14-20(27)23-17-7-5-16(6-8-17)21(28)30-2/h3-10,12,26H,11,13-14H2,1-2H3,(H,23,27). The smallest absolute Gasteiger partial charge is 0.337 e. The lowest BCUT2D eigenvalue weighted by molar-refractivity contribution is -0.113. The summed E-state index contributed by atoms with van der Waals surface area (Å²) in [5.74, 6) is 0.275. The fourth-order valence-corrected chi connectivity index (χ4v) is 3.62. The monoisotopic (exact) mass is 441 g/mol. The van der Waals surface area contributed by atoms with Crippen molar-refractivity contribution in [1.29, 1.82) is 0 Å². The number of thioether (sulfide) groups is 1. The number of anilines is 1. The first-order chi connectivity index (χ1) is 15.0. The molecule has 0 atom stereocenters. The van der Waals surface area contributed by atoms with Gasteiger partial charge in [0.05, 0.1) is 37.8 Å². The van der Waals surface area contributed by atoms with Crippen molar-refractivity contribution in [3.63, 3.8) is 0 Å². The molecule has 0 saturated heterocycles. The van der Waals surface area contributed by atoms with Gasteiger partial charge in [-0.3, -0.25) is 4.79 Å². The first-order valence-electron chi connectivity index (χ1n) is 9.43. The van der Waals surface area contributed by atoms with E-state index in [0.717, 1.165) is 11.3 Å². The molecule has 0 radical (unpaired) electrons. The second-order valence-electron chi connectivity index (χ2n) is 6.55. The highest BCUT2D eigenvalue weighted by Crippen LogP contribution is 2.21. The summed E-state index contributed by atoms with van der Waals surface area (Å²) in [4.78, 5) is 28.2. The van der Waals surface area contributed by atoms with Crippen LogP contribution in [0, 0.1) is 0 Å². The van der Waals surface area contributed by atoms with Gasteiger partial charge in [-0.1, -0.05) is 23.9 Å². The lowest BCUT2D eigenvalue weighted by Gasteiger charge is -2.09. The van der Waals surface area contributed by atoms with Gasteiger partial charge in [0.15, 0.2) is 5.16 Å². The highest BCUT2D eigenvalue weighted by Gasteiger charge is 2.12. The van der Waals surface area contributed by atoms with E-state index in [2.05, 4.69) is 15.0 Å². The van der Waals surface area contributed by atoms with Crippen LogP contribution in [0.3, 0.4) is 0 Å². The molecule has 0 aliphatic carbocycles. The van der Waals surface area contributed by atoms with Gasteiger partial charge in [-0.25, -0.2) is 9.78 Å². The Hall–Kier alpha value is -3.30. The number of hydrogen-bond acceptors (Lipinski definition) is 7. The van der Waals surface area contributed by atoms with E-state index in [-0.39, 0.29) is 18.3 Å². The van der Waals surface area contributed by atoms with Crippen LogP contribution in [0.15, 0.2) is 59.9 Å². The molecule has 0 aliphatic heterocycles. The van der Waals surface area contributed by atoms with Crippen LogP contribution in [0.2, 0.25) is 0 Å². The average molecular weight is 442 g/mol. The molecule has 1 amide bonds. The maximum atomic E-state index is 12.4. The Balaban J connectivity index is 1.61. The van der Waals surface area contributed by atoms with E-state index in [0.29, 0.717) is 28.6 Å². The van der Waals surface area contributed by atoms with Crippen LogP contribution in [-0.4, -0.2) is 46.5 Å². The van der Waals surface area contributed by atoms with Crippen molar-refractivity contribution in [1.82, 2.24) is 9.55 Å². The lowest BCUT2D eigenvalue weighted by Crippen LogP contribution is -2.15. The Morgan fingerprint density at radius 3 is 2.42 bits per heavy atom. The van der Waals surface area contributed by atoms with Crippen molar-refractivity contribution < 1.29 is 24.2 Å². The highest BCUT2D eigenvalue weighted by atomic mass is 32.2. The minimum atomic E-state index is -0.434. The number of methoxy groups -OCH3 is 2. The number of amides is 1. The summed E-state index contributed by atoms with van der Waals surface area (Å²) in [5.41, 5.74) is 2.57. The number of carbonyl (C=O) groups is 2. The topological polar surface area (TPSA) is 103 Å². The summed E-state index contributed by atoms with van der Waals surface area (Å²) in [6.45, 7) is 0.373. The number of aliphatic hydroxyl groups is 1. The van der Waals surface area contributed by atoms with Crippen molar-refractivity contribution in [3.8, 4) is 5.75 Å². The Kier molecular flexibility index (Phi) is 7.69. The Labute approximate surface area is 184 Å². The fraction of sp³-hybridized carbons (Fsp3) is 0.227. The number of ether oxygens (including phenoxy) is 2. The number of rotatable bonds is 9. The number of carbonyl (C=O) groups excluding carboxylic acids is 2. The number of imidazole rings is 1.